The van der Waals surface area contributed by atoms with E-state index in [-0.39, 0.29) is 18.6 Å². The maximum atomic E-state index is 7.00. The molecule has 1 nitrogen and oxygen atoms in total. The molecule has 0 aliphatic rings. The average molecular weight is 205 g/mol. The zero-order valence-corrected chi connectivity index (χ0v) is 9.68. The van der Waals surface area contributed by atoms with Crippen molar-refractivity contribution in [1.29, 1.82) is 0 Å². The van der Waals surface area contributed by atoms with Crippen molar-refractivity contribution in [3.05, 3.63) is 35.9 Å². The van der Waals surface area contributed by atoms with Gasteiger partial charge in [-0.25, -0.2) is 0 Å². The number of hydrogen-bond donors (Lipinski definition) is 1. The van der Waals surface area contributed by atoms with Gasteiger partial charge in [0, 0.05) is 25.7 Å². The molecule has 0 unspecified atom stereocenters. The van der Waals surface area contributed by atoms with Gasteiger partial charge in [0.2, 0.25) is 0 Å². The smallest absolute Gasteiger partial charge is 0.0319 e. The van der Waals surface area contributed by atoms with Crippen molar-refractivity contribution in [1.82, 2.24) is 0 Å². The molecule has 1 aromatic rings. The zero-order valence-electron chi connectivity index (χ0n) is 8.28. The summed E-state index contributed by atoms with van der Waals surface area (Å²) in [5, 5.41) is 7.00. The topological polar surface area (TPSA) is 20.2 Å². The Labute approximate surface area is 87.7 Å². The first-order chi connectivity index (χ1) is 5.39. The van der Waals surface area contributed by atoms with Gasteiger partial charge in [-0.2, -0.15) is 0 Å². The van der Waals surface area contributed by atoms with Crippen molar-refractivity contribution in [2.45, 2.75) is 20.8 Å². The second-order valence-electron chi connectivity index (χ2n) is 1.65. The maximum Gasteiger partial charge on any atom is 0.0319 e. The Balaban J connectivity index is -0.000000144. The van der Waals surface area contributed by atoms with Gasteiger partial charge < -0.3 is 5.11 Å². The minimum Gasteiger partial charge on any atom is -0.400 e. The van der Waals surface area contributed by atoms with Crippen LogP contribution in [0.5, 0.6) is 0 Å². The van der Waals surface area contributed by atoms with Gasteiger partial charge in [-0.3, -0.25) is 0 Å². The SMILES string of the molecule is CC.CO.Cc1ccccc1.[V]. The second kappa shape index (κ2) is 17.0. The van der Waals surface area contributed by atoms with Crippen molar-refractivity contribution < 1.29 is 23.7 Å². The van der Waals surface area contributed by atoms with Crippen LogP contribution >= 0.6 is 0 Å². The molecule has 0 bridgehead atoms. The fourth-order valence-corrected chi connectivity index (χ4v) is 0.534. The first-order valence-corrected chi connectivity index (χ1v) is 3.86. The van der Waals surface area contributed by atoms with E-state index in [2.05, 4.69) is 19.1 Å². The number of benzene rings is 1. The third-order valence-electron chi connectivity index (χ3n) is 0.940. The summed E-state index contributed by atoms with van der Waals surface area (Å²) < 4.78 is 0. The van der Waals surface area contributed by atoms with Gasteiger partial charge in [-0.1, -0.05) is 49.7 Å². The zero-order chi connectivity index (χ0) is 9.11. The first-order valence-electron chi connectivity index (χ1n) is 3.86. The van der Waals surface area contributed by atoms with Crippen LogP contribution in [0.25, 0.3) is 0 Å². The summed E-state index contributed by atoms with van der Waals surface area (Å²) in [5.74, 6) is 0. The fourth-order valence-electron chi connectivity index (χ4n) is 0.534. The molecule has 0 spiro atoms. The number of rotatable bonds is 0. The maximum absolute atomic E-state index is 7.00. The van der Waals surface area contributed by atoms with Gasteiger partial charge in [-0.05, 0) is 6.92 Å². The normalized spacial score (nSPS) is 6.08. The van der Waals surface area contributed by atoms with E-state index in [1.807, 2.05) is 32.0 Å². The summed E-state index contributed by atoms with van der Waals surface area (Å²) in [6.07, 6.45) is 0. The minimum absolute atomic E-state index is 0. The predicted octanol–water partition coefficient (Wildman–Crippen LogP) is 2.63. The van der Waals surface area contributed by atoms with Crippen LogP contribution in [0.2, 0.25) is 0 Å². The molecule has 69 valence electrons. The molecule has 1 rings (SSSR count). The van der Waals surface area contributed by atoms with E-state index >= 15 is 0 Å². The van der Waals surface area contributed by atoms with E-state index in [4.69, 9.17) is 5.11 Å². The molecule has 1 aromatic carbocycles. The molecule has 0 fully saturated rings. The van der Waals surface area contributed by atoms with Crippen LogP contribution < -0.4 is 0 Å². The van der Waals surface area contributed by atoms with E-state index in [9.17, 15) is 0 Å². The van der Waals surface area contributed by atoms with E-state index in [0.717, 1.165) is 7.11 Å². The van der Waals surface area contributed by atoms with Crippen LogP contribution in [0.1, 0.15) is 19.4 Å². The molecule has 1 radical (unpaired) electrons. The Morgan fingerprint density at radius 1 is 0.917 bits per heavy atom. The third-order valence-corrected chi connectivity index (χ3v) is 0.940. The standard InChI is InChI=1S/C7H8.C2H6.CH4O.V/c1-7-5-3-2-4-6-7;2*1-2;/h2-6H,1H3;1-2H3;2H,1H3;. The number of aliphatic hydroxyl groups excluding tert-OH is 1. The Morgan fingerprint density at radius 3 is 1.42 bits per heavy atom. The van der Waals surface area contributed by atoms with Gasteiger partial charge in [0.25, 0.3) is 0 Å². The molecule has 1 N–H and O–H groups in total. The molecule has 2 heteroatoms. The molecule has 0 saturated heterocycles. The summed E-state index contributed by atoms with van der Waals surface area (Å²) in [7, 11) is 1.00. The Morgan fingerprint density at radius 2 is 1.25 bits per heavy atom. The van der Waals surface area contributed by atoms with Crippen molar-refractivity contribution in [2.75, 3.05) is 7.11 Å². The van der Waals surface area contributed by atoms with E-state index in [0.29, 0.717) is 0 Å². The molecule has 0 saturated carbocycles. The minimum atomic E-state index is 0. The molecule has 0 aromatic heterocycles. The van der Waals surface area contributed by atoms with Crippen LogP contribution in [0, 0.1) is 6.92 Å². The molecule has 0 atom stereocenters. The number of aryl methyl sites for hydroxylation is 1. The molecule has 0 amide bonds. The van der Waals surface area contributed by atoms with Gasteiger partial charge in [0.05, 0.1) is 0 Å². The van der Waals surface area contributed by atoms with Crippen LogP contribution in [-0.4, -0.2) is 12.2 Å². The largest absolute Gasteiger partial charge is 0.400 e. The van der Waals surface area contributed by atoms with Gasteiger partial charge in [0.15, 0.2) is 0 Å². The van der Waals surface area contributed by atoms with Crippen molar-refractivity contribution in [3.63, 3.8) is 0 Å². The van der Waals surface area contributed by atoms with Gasteiger partial charge in [-0.15, -0.1) is 0 Å². The molecular weight excluding hydrogens is 187 g/mol. The Hall–Kier alpha value is -0.236. The van der Waals surface area contributed by atoms with Crippen molar-refractivity contribution in [2.24, 2.45) is 0 Å². The molecule has 0 aliphatic heterocycles. The number of aliphatic hydroxyl groups is 1. The average Bonchev–Trinajstić information content (AvgIpc) is 2.13. The molecule has 12 heavy (non-hydrogen) atoms. The van der Waals surface area contributed by atoms with Crippen LogP contribution in [0.15, 0.2) is 30.3 Å². The predicted molar refractivity (Wildman–Crippen MR) is 50.7 cm³/mol. The summed E-state index contributed by atoms with van der Waals surface area (Å²) in [4.78, 5) is 0. The quantitative estimate of drug-likeness (QED) is 0.690. The Kier molecular flexibility index (Phi) is 25.2. The second-order valence-corrected chi connectivity index (χ2v) is 1.65. The molecule has 0 heterocycles. The van der Waals surface area contributed by atoms with Crippen molar-refractivity contribution in [3.8, 4) is 0 Å². The first kappa shape index (κ1) is 17.7. The molecule has 0 aliphatic carbocycles. The van der Waals surface area contributed by atoms with E-state index < -0.39 is 0 Å². The summed E-state index contributed by atoms with van der Waals surface area (Å²) in [6.45, 7) is 6.08. The third kappa shape index (κ3) is 12.4. The summed E-state index contributed by atoms with van der Waals surface area (Å²) in [6, 6.07) is 10.3. The number of hydrogen-bond acceptors (Lipinski definition) is 1. The summed E-state index contributed by atoms with van der Waals surface area (Å²) in [5.41, 5.74) is 1.32. The van der Waals surface area contributed by atoms with Crippen LogP contribution in [0.3, 0.4) is 0 Å². The van der Waals surface area contributed by atoms with Gasteiger partial charge >= 0.3 is 0 Å². The Bertz CT molecular complexity index is 140. The molecular formula is C10H18OV. The van der Waals surface area contributed by atoms with Crippen LogP contribution in [0.4, 0.5) is 0 Å². The van der Waals surface area contributed by atoms with Crippen molar-refractivity contribution >= 4 is 0 Å². The monoisotopic (exact) mass is 205 g/mol. The summed E-state index contributed by atoms with van der Waals surface area (Å²) >= 11 is 0. The fraction of sp³-hybridized carbons (Fsp3) is 0.400. The van der Waals surface area contributed by atoms with Crippen LogP contribution in [-0.2, 0) is 18.6 Å². The van der Waals surface area contributed by atoms with Gasteiger partial charge in [0.1, 0.15) is 0 Å². The van der Waals surface area contributed by atoms with E-state index in [1.54, 1.807) is 0 Å². The van der Waals surface area contributed by atoms with E-state index in [1.165, 1.54) is 5.56 Å².